The maximum absolute atomic E-state index is 13.3. The van der Waals surface area contributed by atoms with Gasteiger partial charge < -0.3 is 15.5 Å². The number of nitrogens with two attached hydrogens (primary N) is 1. The minimum Gasteiger partial charge on any atom is -0.383 e. The molecule has 0 radical (unpaired) electrons. The third-order valence-corrected chi connectivity index (χ3v) is 7.30. The van der Waals surface area contributed by atoms with Gasteiger partial charge in [-0.25, -0.2) is 9.97 Å². The highest BCUT2D eigenvalue weighted by atomic mass is 35.5. The molecule has 1 fully saturated rings. The molecule has 33 heavy (non-hydrogen) atoms. The van der Waals surface area contributed by atoms with Crippen LogP contribution < -0.4 is 5.73 Å². The van der Waals surface area contributed by atoms with E-state index in [-0.39, 0.29) is 11.8 Å². The molecular formula is C24H22ClN5O2S. The first kappa shape index (κ1) is 21.6. The smallest absolute Gasteiger partial charge is 0.254 e. The molecule has 3 heterocycles. The molecule has 2 amide bonds. The van der Waals surface area contributed by atoms with Crippen LogP contribution in [-0.2, 0) is 11.3 Å². The standard InChI is InChI=1S/C24H22ClN5O2S/c1-2-19-24(32)29(12-14-3-6-17-18(9-14)27-13-28-22(17)26)7-8-30(19)23(31)16-5-4-15-11-21(25)33-20(15)10-16/h3-6,9-11,13,19H,2,7-8,12H2,1H3,(H2,26,27,28)/t19-/m0/s1. The largest absolute Gasteiger partial charge is 0.383 e. The number of rotatable bonds is 4. The zero-order chi connectivity index (χ0) is 23.1. The fraction of sp³-hybridized carbons (Fsp3) is 0.250. The summed E-state index contributed by atoms with van der Waals surface area (Å²) in [6, 6.07) is 12.7. The summed E-state index contributed by atoms with van der Waals surface area (Å²) in [5.41, 5.74) is 8.20. The van der Waals surface area contributed by atoms with Crippen molar-refractivity contribution in [3.05, 3.63) is 64.3 Å². The van der Waals surface area contributed by atoms with Gasteiger partial charge in [0.05, 0.1) is 9.85 Å². The molecule has 5 rings (SSSR count). The molecule has 1 aliphatic heterocycles. The summed E-state index contributed by atoms with van der Waals surface area (Å²) >= 11 is 7.55. The van der Waals surface area contributed by atoms with E-state index < -0.39 is 6.04 Å². The van der Waals surface area contributed by atoms with Crippen LogP contribution in [-0.4, -0.2) is 50.7 Å². The number of piperazine rings is 1. The minimum absolute atomic E-state index is 0.0420. The van der Waals surface area contributed by atoms with Gasteiger partial charge in [-0.2, -0.15) is 0 Å². The van der Waals surface area contributed by atoms with Gasteiger partial charge in [0.1, 0.15) is 18.2 Å². The summed E-state index contributed by atoms with van der Waals surface area (Å²) in [5.74, 6) is 0.266. The Bertz CT molecular complexity index is 1390. The van der Waals surface area contributed by atoms with Crippen molar-refractivity contribution in [1.29, 1.82) is 0 Å². The van der Waals surface area contributed by atoms with E-state index in [0.29, 0.717) is 41.8 Å². The van der Waals surface area contributed by atoms with Crippen molar-refractivity contribution in [2.24, 2.45) is 0 Å². The fourth-order valence-corrected chi connectivity index (χ4v) is 5.57. The van der Waals surface area contributed by atoms with E-state index in [4.69, 9.17) is 17.3 Å². The molecule has 9 heteroatoms. The van der Waals surface area contributed by atoms with Gasteiger partial charge in [0, 0.05) is 35.3 Å². The molecule has 1 aliphatic rings. The van der Waals surface area contributed by atoms with Gasteiger partial charge in [-0.1, -0.05) is 30.7 Å². The third-order valence-electron chi connectivity index (χ3n) is 6.07. The number of hydrogen-bond acceptors (Lipinski definition) is 6. The molecule has 2 aromatic carbocycles. The highest BCUT2D eigenvalue weighted by molar-refractivity contribution is 7.22. The molecule has 0 unspecified atom stereocenters. The Hall–Kier alpha value is -3.23. The van der Waals surface area contributed by atoms with Crippen LogP contribution >= 0.6 is 22.9 Å². The van der Waals surface area contributed by atoms with Crippen molar-refractivity contribution in [1.82, 2.24) is 19.8 Å². The van der Waals surface area contributed by atoms with Crippen LogP contribution in [0.15, 0.2) is 48.8 Å². The lowest BCUT2D eigenvalue weighted by molar-refractivity contribution is -0.141. The maximum atomic E-state index is 13.3. The molecule has 4 aromatic rings. The highest BCUT2D eigenvalue weighted by Gasteiger charge is 2.36. The maximum Gasteiger partial charge on any atom is 0.254 e. The summed E-state index contributed by atoms with van der Waals surface area (Å²) < 4.78 is 1.65. The number of amides is 2. The topological polar surface area (TPSA) is 92.4 Å². The van der Waals surface area contributed by atoms with Gasteiger partial charge >= 0.3 is 0 Å². The van der Waals surface area contributed by atoms with Crippen LogP contribution in [0, 0.1) is 0 Å². The number of aromatic nitrogens is 2. The third kappa shape index (κ3) is 4.00. The Labute approximate surface area is 199 Å². The summed E-state index contributed by atoms with van der Waals surface area (Å²) in [5, 5.41) is 1.80. The van der Waals surface area contributed by atoms with E-state index >= 15 is 0 Å². The number of halogens is 1. The van der Waals surface area contributed by atoms with Crippen molar-refractivity contribution in [2.75, 3.05) is 18.8 Å². The second-order valence-electron chi connectivity index (χ2n) is 8.10. The molecule has 7 nitrogen and oxygen atoms in total. The molecule has 2 N–H and O–H groups in total. The minimum atomic E-state index is -0.493. The average molecular weight is 480 g/mol. The van der Waals surface area contributed by atoms with Gasteiger partial charge in [0.2, 0.25) is 5.91 Å². The molecule has 168 valence electrons. The molecule has 1 atom stereocenters. The molecule has 0 aliphatic carbocycles. The average Bonchev–Trinajstić information content (AvgIpc) is 3.19. The van der Waals surface area contributed by atoms with Gasteiger partial charge in [-0.3, -0.25) is 9.59 Å². The number of carbonyl (C=O) groups excluding carboxylic acids is 2. The zero-order valence-corrected chi connectivity index (χ0v) is 19.6. The van der Waals surface area contributed by atoms with E-state index in [1.54, 1.807) is 11.0 Å². The number of benzene rings is 2. The quantitative estimate of drug-likeness (QED) is 0.470. The SMILES string of the molecule is CC[C@H]1C(=O)N(Cc2ccc3c(N)ncnc3c2)CCN1C(=O)c1ccc2cc(Cl)sc2c1. The fourth-order valence-electron chi connectivity index (χ4n) is 4.37. The first-order valence-corrected chi connectivity index (χ1v) is 11.9. The lowest BCUT2D eigenvalue weighted by Gasteiger charge is -2.40. The first-order chi connectivity index (χ1) is 15.9. The Morgan fingerprint density at radius 3 is 2.85 bits per heavy atom. The normalized spacial score (nSPS) is 16.7. The predicted molar refractivity (Wildman–Crippen MR) is 131 cm³/mol. The Morgan fingerprint density at radius 1 is 1.18 bits per heavy atom. The lowest BCUT2D eigenvalue weighted by atomic mass is 10.0. The highest BCUT2D eigenvalue weighted by Crippen LogP contribution is 2.31. The van der Waals surface area contributed by atoms with Gasteiger partial charge in [-0.05, 0) is 47.7 Å². The number of hydrogen-bond donors (Lipinski definition) is 1. The Balaban J connectivity index is 1.35. The van der Waals surface area contributed by atoms with Crippen molar-refractivity contribution >= 4 is 61.6 Å². The number of anilines is 1. The van der Waals surface area contributed by atoms with E-state index in [0.717, 1.165) is 26.6 Å². The number of thiophene rings is 1. The first-order valence-electron chi connectivity index (χ1n) is 10.7. The van der Waals surface area contributed by atoms with E-state index in [2.05, 4.69) is 9.97 Å². The predicted octanol–water partition coefficient (Wildman–Crippen LogP) is 4.34. The monoisotopic (exact) mass is 479 g/mol. The van der Waals surface area contributed by atoms with Gasteiger partial charge in [-0.15, -0.1) is 11.3 Å². The second kappa shape index (κ2) is 8.61. The van der Waals surface area contributed by atoms with Gasteiger partial charge in [0.15, 0.2) is 0 Å². The second-order valence-corrected chi connectivity index (χ2v) is 9.81. The van der Waals surface area contributed by atoms with Crippen molar-refractivity contribution in [3.63, 3.8) is 0 Å². The van der Waals surface area contributed by atoms with Crippen LogP contribution in [0.1, 0.15) is 29.3 Å². The number of carbonyl (C=O) groups is 2. The van der Waals surface area contributed by atoms with Crippen LogP contribution in [0.25, 0.3) is 21.0 Å². The Morgan fingerprint density at radius 2 is 2.03 bits per heavy atom. The number of nitrogen functional groups attached to an aromatic ring is 1. The Kier molecular flexibility index (Phi) is 5.64. The molecular weight excluding hydrogens is 458 g/mol. The lowest BCUT2D eigenvalue weighted by Crippen LogP contribution is -2.58. The van der Waals surface area contributed by atoms with E-state index in [1.807, 2.05) is 48.2 Å². The summed E-state index contributed by atoms with van der Waals surface area (Å²) in [6.45, 7) is 3.34. The molecule has 0 spiro atoms. The molecule has 2 aromatic heterocycles. The summed E-state index contributed by atoms with van der Waals surface area (Å²) in [7, 11) is 0. The van der Waals surface area contributed by atoms with Crippen LogP contribution in [0.2, 0.25) is 4.34 Å². The molecule has 0 saturated carbocycles. The molecule has 0 bridgehead atoms. The van der Waals surface area contributed by atoms with Crippen LogP contribution in [0.4, 0.5) is 5.82 Å². The molecule has 1 saturated heterocycles. The van der Waals surface area contributed by atoms with Crippen LogP contribution in [0.3, 0.4) is 0 Å². The zero-order valence-electron chi connectivity index (χ0n) is 18.0. The van der Waals surface area contributed by atoms with Crippen LogP contribution in [0.5, 0.6) is 0 Å². The van der Waals surface area contributed by atoms with E-state index in [9.17, 15) is 9.59 Å². The van der Waals surface area contributed by atoms with Crippen molar-refractivity contribution in [3.8, 4) is 0 Å². The number of nitrogens with zero attached hydrogens (tertiary/aromatic N) is 4. The van der Waals surface area contributed by atoms with Crippen molar-refractivity contribution < 1.29 is 9.59 Å². The number of fused-ring (bicyclic) bond motifs is 2. The summed E-state index contributed by atoms with van der Waals surface area (Å²) in [6.07, 6.45) is 1.99. The van der Waals surface area contributed by atoms with Gasteiger partial charge in [0.25, 0.3) is 5.91 Å². The van der Waals surface area contributed by atoms with E-state index in [1.165, 1.54) is 17.7 Å². The van der Waals surface area contributed by atoms with Crippen molar-refractivity contribution in [2.45, 2.75) is 25.9 Å². The summed E-state index contributed by atoms with van der Waals surface area (Å²) in [4.78, 5) is 38.4.